The van der Waals surface area contributed by atoms with Gasteiger partial charge in [0.1, 0.15) is 12.1 Å². The number of pyridine rings is 1. The van der Waals surface area contributed by atoms with Crippen LogP contribution in [0.25, 0.3) is 22.8 Å². The number of nitrogens with one attached hydrogen (secondary N) is 1. The minimum Gasteiger partial charge on any atom is -0.354 e. The standard InChI is InChI=1S/C21H22N4O3S/c26-18(22-10-8-15-5-2-1-3-6-15)13-25-11-4-7-17(21(25)27)20-23-19(24-28-20)16-9-12-29-14-16/h4-5,7,9,11-12,14H,1-3,6,8,10,13H2,(H,22,26). The molecule has 3 aromatic heterocycles. The van der Waals surface area contributed by atoms with Gasteiger partial charge in [0.2, 0.25) is 11.7 Å². The molecule has 1 N–H and O–H groups in total. The molecular formula is C21H22N4O3S. The molecule has 0 fully saturated rings. The monoisotopic (exact) mass is 410 g/mol. The molecule has 7 nitrogen and oxygen atoms in total. The first kappa shape index (κ1) is 19.3. The number of carbonyl (C=O) groups is 1. The molecule has 0 saturated carbocycles. The summed E-state index contributed by atoms with van der Waals surface area (Å²) >= 11 is 1.53. The van der Waals surface area contributed by atoms with Crippen molar-refractivity contribution in [1.82, 2.24) is 20.0 Å². The number of aromatic nitrogens is 3. The summed E-state index contributed by atoms with van der Waals surface area (Å²) < 4.78 is 6.63. The zero-order chi connectivity index (χ0) is 20.1. The van der Waals surface area contributed by atoms with Gasteiger partial charge in [0.15, 0.2) is 0 Å². The van der Waals surface area contributed by atoms with Gasteiger partial charge in [-0.25, -0.2) is 0 Å². The molecule has 0 aliphatic heterocycles. The average Bonchev–Trinajstić information content (AvgIpc) is 3.42. The Morgan fingerprint density at radius 3 is 3.03 bits per heavy atom. The van der Waals surface area contributed by atoms with Crippen LogP contribution in [-0.2, 0) is 11.3 Å². The highest BCUT2D eigenvalue weighted by Gasteiger charge is 2.16. The second kappa shape index (κ2) is 9.00. The van der Waals surface area contributed by atoms with E-state index in [1.54, 1.807) is 18.3 Å². The van der Waals surface area contributed by atoms with Crippen LogP contribution in [0.3, 0.4) is 0 Å². The fourth-order valence-corrected chi connectivity index (χ4v) is 4.01. The second-order valence-electron chi connectivity index (χ2n) is 7.00. The number of amides is 1. The zero-order valence-corrected chi connectivity index (χ0v) is 16.8. The zero-order valence-electron chi connectivity index (χ0n) is 16.0. The van der Waals surface area contributed by atoms with Gasteiger partial charge in [-0.15, -0.1) is 0 Å². The molecule has 0 unspecified atom stereocenters. The highest BCUT2D eigenvalue weighted by Crippen LogP contribution is 2.22. The number of thiophene rings is 1. The van der Waals surface area contributed by atoms with Gasteiger partial charge in [-0.2, -0.15) is 16.3 Å². The molecule has 0 bridgehead atoms. The van der Waals surface area contributed by atoms with Crippen LogP contribution < -0.4 is 10.9 Å². The molecule has 0 spiro atoms. The minimum atomic E-state index is -0.335. The Balaban J connectivity index is 1.41. The molecule has 1 aliphatic carbocycles. The minimum absolute atomic E-state index is 0.0444. The Bertz CT molecular complexity index is 1070. The fraction of sp³-hybridized carbons (Fsp3) is 0.333. The van der Waals surface area contributed by atoms with Crippen LogP contribution in [0.4, 0.5) is 0 Å². The Hall–Kier alpha value is -3.00. The molecule has 29 heavy (non-hydrogen) atoms. The summed E-state index contributed by atoms with van der Waals surface area (Å²) in [4.78, 5) is 29.4. The predicted molar refractivity (Wildman–Crippen MR) is 111 cm³/mol. The average molecular weight is 410 g/mol. The maximum absolute atomic E-state index is 12.8. The van der Waals surface area contributed by atoms with Crippen molar-refractivity contribution in [1.29, 1.82) is 0 Å². The summed E-state index contributed by atoms with van der Waals surface area (Å²) in [5.41, 5.74) is 2.20. The quantitative estimate of drug-likeness (QED) is 0.601. The molecule has 3 aromatic rings. The van der Waals surface area contributed by atoms with Crippen molar-refractivity contribution < 1.29 is 9.32 Å². The van der Waals surface area contributed by atoms with E-state index in [1.807, 2.05) is 16.8 Å². The van der Waals surface area contributed by atoms with Crippen LogP contribution in [0.15, 0.2) is 56.1 Å². The second-order valence-corrected chi connectivity index (χ2v) is 7.78. The van der Waals surface area contributed by atoms with Crippen molar-refractivity contribution in [2.75, 3.05) is 6.54 Å². The number of hydrogen-bond donors (Lipinski definition) is 1. The van der Waals surface area contributed by atoms with Crippen molar-refractivity contribution in [3.8, 4) is 22.8 Å². The fourth-order valence-electron chi connectivity index (χ4n) is 3.37. The number of rotatable bonds is 7. The summed E-state index contributed by atoms with van der Waals surface area (Å²) in [5, 5.41) is 10.7. The van der Waals surface area contributed by atoms with Gasteiger partial charge in [0.05, 0.1) is 0 Å². The lowest BCUT2D eigenvalue weighted by Crippen LogP contribution is -2.33. The van der Waals surface area contributed by atoms with E-state index in [9.17, 15) is 9.59 Å². The Labute approximate surface area is 172 Å². The van der Waals surface area contributed by atoms with Crippen molar-refractivity contribution in [3.05, 3.63) is 57.2 Å². The van der Waals surface area contributed by atoms with Crippen LogP contribution in [0.5, 0.6) is 0 Å². The molecule has 0 aromatic carbocycles. The van der Waals surface area contributed by atoms with E-state index in [0.29, 0.717) is 12.4 Å². The van der Waals surface area contributed by atoms with Gasteiger partial charge < -0.3 is 14.4 Å². The van der Waals surface area contributed by atoms with Crippen molar-refractivity contribution >= 4 is 17.2 Å². The summed E-state index contributed by atoms with van der Waals surface area (Å²) in [6.45, 7) is 0.546. The largest absolute Gasteiger partial charge is 0.354 e. The lowest BCUT2D eigenvalue weighted by atomic mass is 9.97. The molecule has 150 valence electrons. The van der Waals surface area contributed by atoms with E-state index in [0.717, 1.165) is 24.8 Å². The smallest absolute Gasteiger partial charge is 0.263 e. The third-order valence-electron chi connectivity index (χ3n) is 4.92. The first-order valence-corrected chi connectivity index (χ1v) is 10.7. The molecule has 0 saturated heterocycles. The molecule has 0 radical (unpaired) electrons. The first-order chi connectivity index (χ1) is 14.2. The molecule has 8 heteroatoms. The Kier molecular flexibility index (Phi) is 6.00. The van der Waals surface area contributed by atoms with Crippen molar-refractivity contribution in [2.45, 2.75) is 38.6 Å². The van der Waals surface area contributed by atoms with Gasteiger partial charge in [-0.1, -0.05) is 16.8 Å². The van der Waals surface area contributed by atoms with Crippen molar-refractivity contribution in [2.24, 2.45) is 0 Å². The molecule has 4 rings (SSSR count). The lowest BCUT2D eigenvalue weighted by Gasteiger charge is -2.13. The van der Waals surface area contributed by atoms with Gasteiger partial charge in [0.25, 0.3) is 11.4 Å². The van der Waals surface area contributed by atoms with E-state index < -0.39 is 0 Å². The Morgan fingerprint density at radius 2 is 2.24 bits per heavy atom. The molecule has 3 heterocycles. The third kappa shape index (κ3) is 4.71. The Morgan fingerprint density at radius 1 is 1.31 bits per heavy atom. The summed E-state index contributed by atoms with van der Waals surface area (Å²) in [6.07, 6.45) is 9.47. The van der Waals surface area contributed by atoms with Gasteiger partial charge in [-0.05, 0) is 55.7 Å². The number of hydrogen-bond acceptors (Lipinski definition) is 6. The van der Waals surface area contributed by atoms with E-state index in [-0.39, 0.29) is 29.5 Å². The molecule has 1 aliphatic rings. The van der Waals surface area contributed by atoms with Crippen molar-refractivity contribution in [3.63, 3.8) is 0 Å². The van der Waals surface area contributed by atoms with Crippen LogP contribution in [0.2, 0.25) is 0 Å². The topological polar surface area (TPSA) is 90.0 Å². The normalized spacial score (nSPS) is 13.9. The van der Waals surface area contributed by atoms with Crippen LogP contribution in [0, 0.1) is 0 Å². The molecule has 1 amide bonds. The van der Waals surface area contributed by atoms with E-state index in [4.69, 9.17) is 4.52 Å². The van der Waals surface area contributed by atoms with Crippen LogP contribution in [0.1, 0.15) is 32.1 Å². The van der Waals surface area contributed by atoms with E-state index in [2.05, 4.69) is 21.5 Å². The first-order valence-electron chi connectivity index (χ1n) is 9.71. The highest BCUT2D eigenvalue weighted by molar-refractivity contribution is 7.08. The van der Waals surface area contributed by atoms with Gasteiger partial charge in [-0.3, -0.25) is 9.59 Å². The van der Waals surface area contributed by atoms with Crippen LogP contribution in [-0.4, -0.2) is 27.2 Å². The van der Waals surface area contributed by atoms with Crippen LogP contribution >= 0.6 is 11.3 Å². The maximum Gasteiger partial charge on any atom is 0.263 e. The van der Waals surface area contributed by atoms with Gasteiger partial charge >= 0.3 is 0 Å². The molecular weight excluding hydrogens is 388 g/mol. The summed E-state index contributed by atoms with van der Waals surface area (Å²) in [5.74, 6) is 0.395. The van der Waals surface area contributed by atoms with E-state index >= 15 is 0 Å². The summed E-state index contributed by atoms with van der Waals surface area (Å²) in [6, 6.07) is 5.21. The third-order valence-corrected chi connectivity index (χ3v) is 5.61. The predicted octanol–water partition coefficient (Wildman–Crippen LogP) is 3.63. The SMILES string of the molecule is O=C(Cn1cccc(-c2nc(-c3ccsc3)no2)c1=O)NCCC1=CCCCC1. The number of carbonyl (C=O) groups excluding carboxylic acids is 1. The molecule has 0 atom stereocenters. The highest BCUT2D eigenvalue weighted by atomic mass is 32.1. The lowest BCUT2D eigenvalue weighted by molar-refractivity contribution is -0.121. The number of allylic oxidation sites excluding steroid dienone is 1. The van der Waals surface area contributed by atoms with E-state index in [1.165, 1.54) is 34.3 Å². The maximum atomic E-state index is 12.8. The van der Waals surface area contributed by atoms with Gasteiger partial charge in [0, 0.05) is 23.7 Å². The summed E-state index contributed by atoms with van der Waals surface area (Å²) in [7, 11) is 0. The number of nitrogens with zero attached hydrogens (tertiary/aromatic N) is 3.